The van der Waals surface area contributed by atoms with Crippen molar-refractivity contribution in [2.24, 2.45) is 17.0 Å². The molecular formula is C27H37ClFN5O3. The molecule has 0 radical (unpaired) electrons. The minimum atomic E-state index is -0.544. The maximum Gasteiger partial charge on any atom is 0.287 e. The molecular weight excluding hydrogens is 497 g/mol. The van der Waals surface area contributed by atoms with Crippen LogP contribution in [0.4, 0.5) is 10.1 Å². The number of rotatable bonds is 8. The quantitative estimate of drug-likeness (QED) is 0.278. The highest BCUT2D eigenvalue weighted by Gasteiger charge is 2.26. The molecule has 1 saturated heterocycles. The van der Waals surface area contributed by atoms with Crippen molar-refractivity contribution in [3.8, 4) is 0 Å². The van der Waals surface area contributed by atoms with E-state index in [1.807, 2.05) is 20.8 Å². The molecule has 1 aliphatic heterocycles. The number of anilines is 1. The average Bonchev–Trinajstić information content (AvgIpc) is 2.87. The van der Waals surface area contributed by atoms with Gasteiger partial charge in [-0.1, -0.05) is 22.8 Å². The second kappa shape index (κ2) is 12.3. The van der Waals surface area contributed by atoms with E-state index in [9.17, 15) is 9.18 Å². The maximum atomic E-state index is 13.8. The molecule has 37 heavy (non-hydrogen) atoms. The molecule has 202 valence electrons. The largest absolute Gasteiger partial charge is 0.390 e. The van der Waals surface area contributed by atoms with E-state index in [2.05, 4.69) is 20.6 Å². The standard InChI is InChI=1S/C27H37ClFN5O3/c1-27(2,3)37-32-16-22-20(8-11-24(29)33-22)13-18-6-9-21(10-7-18)34-26(35)25(28)23(15-31-34)30-14-19-5-4-12-36-17-19/h8,11,15-16,18-19,21,30H,4-7,9-10,12-14,17H2,1-3H3/b32-16-. The topological polar surface area (TPSA) is 90.6 Å². The Hall–Kier alpha value is -2.52. The van der Waals surface area contributed by atoms with Gasteiger partial charge in [0, 0.05) is 13.2 Å². The highest BCUT2D eigenvalue weighted by molar-refractivity contribution is 6.32. The maximum absolute atomic E-state index is 13.8. The zero-order valence-electron chi connectivity index (χ0n) is 21.9. The van der Waals surface area contributed by atoms with Crippen LogP contribution < -0.4 is 10.9 Å². The van der Waals surface area contributed by atoms with Gasteiger partial charge in [-0.2, -0.15) is 9.49 Å². The van der Waals surface area contributed by atoms with Crippen molar-refractivity contribution in [1.82, 2.24) is 14.8 Å². The van der Waals surface area contributed by atoms with Crippen LogP contribution in [0.2, 0.25) is 5.02 Å². The van der Waals surface area contributed by atoms with Crippen LogP contribution in [0, 0.1) is 17.8 Å². The van der Waals surface area contributed by atoms with Gasteiger partial charge in [0.25, 0.3) is 5.56 Å². The van der Waals surface area contributed by atoms with E-state index in [4.69, 9.17) is 21.2 Å². The molecule has 0 bridgehead atoms. The molecule has 1 aliphatic carbocycles. The zero-order valence-corrected chi connectivity index (χ0v) is 22.6. The lowest BCUT2D eigenvalue weighted by molar-refractivity contribution is 0.00195. The Morgan fingerprint density at radius 1 is 1.24 bits per heavy atom. The SMILES string of the molecule is CC(C)(C)O/N=C\c1nc(F)ccc1CC1CCC(n2ncc(NCC3CCCOC3)c(Cl)c2=O)CC1. The average molecular weight is 534 g/mol. The van der Waals surface area contributed by atoms with Gasteiger partial charge in [0.15, 0.2) is 0 Å². The van der Waals surface area contributed by atoms with E-state index in [1.54, 1.807) is 12.3 Å². The molecule has 1 unspecified atom stereocenters. The number of hydrogen-bond acceptors (Lipinski definition) is 7. The summed E-state index contributed by atoms with van der Waals surface area (Å²) in [6.45, 7) is 7.95. The van der Waals surface area contributed by atoms with E-state index in [-0.39, 0.29) is 16.6 Å². The minimum absolute atomic E-state index is 0.00889. The van der Waals surface area contributed by atoms with Gasteiger partial charge in [-0.3, -0.25) is 4.79 Å². The Bertz CT molecular complexity index is 1140. The number of pyridine rings is 1. The molecule has 0 aromatic carbocycles. The Morgan fingerprint density at radius 3 is 2.73 bits per heavy atom. The Morgan fingerprint density at radius 2 is 2.03 bits per heavy atom. The normalized spacial score (nSPS) is 22.8. The lowest BCUT2D eigenvalue weighted by Gasteiger charge is -2.29. The smallest absolute Gasteiger partial charge is 0.287 e. The van der Waals surface area contributed by atoms with E-state index in [0.717, 1.165) is 63.7 Å². The first kappa shape index (κ1) is 27.5. The number of hydrogen-bond donors (Lipinski definition) is 1. The number of nitrogens with one attached hydrogen (secondary N) is 1. The highest BCUT2D eigenvalue weighted by Crippen LogP contribution is 2.34. The van der Waals surface area contributed by atoms with Gasteiger partial charge in [-0.15, -0.1) is 0 Å². The zero-order chi connectivity index (χ0) is 26.4. The summed E-state index contributed by atoms with van der Waals surface area (Å²) in [4.78, 5) is 22.4. The summed E-state index contributed by atoms with van der Waals surface area (Å²) in [6.07, 6.45) is 9.55. The molecule has 8 nitrogen and oxygen atoms in total. The first-order valence-corrected chi connectivity index (χ1v) is 13.5. The third kappa shape index (κ3) is 7.74. The third-order valence-corrected chi connectivity index (χ3v) is 7.30. The predicted molar refractivity (Wildman–Crippen MR) is 143 cm³/mol. The second-order valence-electron chi connectivity index (χ2n) is 11.1. The summed E-state index contributed by atoms with van der Waals surface area (Å²) in [6, 6.07) is 3.16. The van der Waals surface area contributed by atoms with Crippen molar-refractivity contribution in [3.05, 3.63) is 50.9 Å². The number of nitrogens with zero attached hydrogens (tertiary/aromatic N) is 4. The van der Waals surface area contributed by atoms with Crippen LogP contribution in [0.25, 0.3) is 0 Å². The number of halogens is 2. The first-order valence-electron chi connectivity index (χ1n) is 13.2. The van der Waals surface area contributed by atoms with Crippen LogP contribution in [-0.4, -0.2) is 46.3 Å². The van der Waals surface area contributed by atoms with Gasteiger partial charge < -0.3 is 14.9 Å². The fourth-order valence-corrected chi connectivity index (χ4v) is 5.16. The summed E-state index contributed by atoms with van der Waals surface area (Å²) in [7, 11) is 0. The van der Waals surface area contributed by atoms with Crippen molar-refractivity contribution in [2.75, 3.05) is 25.1 Å². The van der Waals surface area contributed by atoms with Crippen LogP contribution >= 0.6 is 11.6 Å². The van der Waals surface area contributed by atoms with Crippen molar-refractivity contribution in [1.29, 1.82) is 0 Å². The lowest BCUT2D eigenvalue weighted by atomic mass is 9.82. The van der Waals surface area contributed by atoms with Gasteiger partial charge in [-0.05, 0) is 89.2 Å². The fourth-order valence-electron chi connectivity index (χ4n) is 4.95. The molecule has 10 heteroatoms. The number of oxime groups is 1. The van der Waals surface area contributed by atoms with Crippen molar-refractivity contribution >= 4 is 23.5 Å². The first-order chi connectivity index (χ1) is 17.7. The van der Waals surface area contributed by atoms with Gasteiger partial charge in [0.05, 0.1) is 36.4 Å². The van der Waals surface area contributed by atoms with Crippen LogP contribution in [-0.2, 0) is 16.0 Å². The molecule has 1 saturated carbocycles. The second-order valence-corrected chi connectivity index (χ2v) is 11.5. The lowest BCUT2D eigenvalue weighted by Crippen LogP contribution is -2.32. The monoisotopic (exact) mass is 533 g/mol. The van der Waals surface area contributed by atoms with Crippen LogP contribution in [0.3, 0.4) is 0 Å². The van der Waals surface area contributed by atoms with E-state index in [0.29, 0.717) is 29.8 Å². The summed E-state index contributed by atoms with van der Waals surface area (Å²) in [5.41, 5.74) is 1.31. The molecule has 4 rings (SSSR count). The van der Waals surface area contributed by atoms with Gasteiger partial charge in [-0.25, -0.2) is 9.67 Å². The number of ether oxygens (including phenoxy) is 1. The molecule has 0 amide bonds. The van der Waals surface area contributed by atoms with Crippen LogP contribution in [0.5, 0.6) is 0 Å². The Kier molecular flexibility index (Phi) is 9.18. The van der Waals surface area contributed by atoms with Gasteiger partial charge >= 0.3 is 0 Å². The van der Waals surface area contributed by atoms with Gasteiger partial charge in [0.2, 0.25) is 5.95 Å². The third-order valence-electron chi connectivity index (χ3n) is 6.93. The molecule has 2 aromatic heterocycles. The Labute approximate surface area is 222 Å². The van der Waals surface area contributed by atoms with Gasteiger partial charge in [0.1, 0.15) is 10.6 Å². The van der Waals surface area contributed by atoms with Crippen molar-refractivity contribution < 1.29 is 14.0 Å². The molecule has 2 aliphatic rings. The highest BCUT2D eigenvalue weighted by atomic mass is 35.5. The number of aromatic nitrogens is 3. The minimum Gasteiger partial charge on any atom is -0.390 e. The van der Waals surface area contributed by atoms with E-state index >= 15 is 0 Å². The Balaban J connectivity index is 1.35. The van der Waals surface area contributed by atoms with Crippen molar-refractivity contribution in [3.63, 3.8) is 0 Å². The molecule has 0 spiro atoms. The molecule has 2 aromatic rings. The molecule has 1 N–H and O–H groups in total. The van der Waals surface area contributed by atoms with Crippen LogP contribution in [0.15, 0.2) is 28.3 Å². The predicted octanol–water partition coefficient (Wildman–Crippen LogP) is 5.39. The van der Waals surface area contributed by atoms with E-state index in [1.165, 1.54) is 17.0 Å². The van der Waals surface area contributed by atoms with E-state index < -0.39 is 11.5 Å². The van der Waals surface area contributed by atoms with Crippen molar-refractivity contribution in [2.45, 2.75) is 77.4 Å². The summed E-state index contributed by atoms with van der Waals surface area (Å²) in [5.74, 6) is 0.262. The summed E-state index contributed by atoms with van der Waals surface area (Å²) >= 11 is 6.44. The molecule has 2 fully saturated rings. The fraction of sp³-hybridized carbons (Fsp3) is 0.630. The summed E-state index contributed by atoms with van der Waals surface area (Å²) in [5, 5.41) is 11.9. The molecule has 3 heterocycles. The van der Waals surface area contributed by atoms with Crippen LogP contribution in [0.1, 0.15) is 76.6 Å². The summed E-state index contributed by atoms with van der Waals surface area (Å²) < 4.78 is 20.9. The molecule has 1 atom stereocenters.